The SMILES string of the molecule is O=C(Nc1ccc(-c2ccc(NC(=O)C(F)(F)C(F)(F)F)cc2)cc1)C(F)(F)C(F)(F)F. The fraction of sp³-hybridized carbons (Fsp3) is 0.222. The van der Waals surface area contributed by atoms with Crippen LogP contribution in [0, 0.1) is 0 Å². The molecule has 4 nitrogen and oxygen atoms in total. The van der Waals surface area contributed by atoms with Crippen LogP contribution in [-0.2, 0) is 9.59 Å². The largest absolute Gasteiger partial charge is 0.463 e. The lowest BCUT2D eigenvalue weighted by molar-refractivity contribution is -0.267. The zero-order chi connectivity index (χ0) is 24.5. The molecule has 0 aliphatic rings. The van der Waals surface area contributed by atoms with E-state index in [9.17, 15) is 53.5 Å². The number of carbonyl (C=O) groups excluding carboxylic acids is 2. The average molecular weight is 476 g/mol. The van der Waals surface area contributed by atoms with Crippen LogP contribution in [0.1, 0.15) is 0 Å². The zero-order valence-electron chi connectivity index (χ0n) is 15.2. The van der Waals surface area contributed by atoms with E-state index in [1.165, 1.54) is 34.9 Å². The van der Waals surface area contributed by atoms with Crippen LogP contribution in [-0.4, -0.2) is 36.0 Å². The molecular formula is C18H10F10N2O2. The van der Waals surface area contributed by atoms with E-state index in [0.29, 0.717) is 11.1 Å². The van der Waals surface area contributed by atoms with Crippen molar-refractivity contribution in [2.45, 2.75) is 24.2 Å². The second kappa shape index (κ2) is 8.31. The Morgan fingerprint density at radius 3 is 0.969 bits per heavy atom. The van der Waals surface area contributed by atoms with Crippen LogP contribution < -0.4 is 10.6 Å². The third kappa shape index (κ3) is 5.11. The van der Waals surface area contributed by atoms with Crippen molar-refractivity contribution in [1.82, 2.24) is 0 Å². The maximum atomic E-state index is 12.9. The molecule has 2 aromatic rings. The lowest BCUT2D eigenvalue weighted by atomic mass is 10.0. The minimum Gasteiger partial charge on any atom is -0.321 e. The van der Waals surface area contributed by atoms with Gasteiger partial charge in [-0.2, -0.15) is 43.9 Å². The Kier molecular flexibility index (Phi) is 6.48. The molecule has 0 atom stereocenters. The van der Waals surface area contributed by atoms with Crippen LogP contribution in [0.3, 0.4) is 0 Å². The molecule has 174 valence electrons. The van der Waals surface area contributed by atoms with E-state index < -0.39 is 36.0 Å². The molecule has 0 aliphatic heterocycles. The maximum absolute atomic E-state index is 12.9. The maximum Gasteiger partial charge on any atom is 0.463 e. The highest BCUT2D eigenvalue weighted by Gasteiger charge is 2.64. The van der Waals surface area contributed by atoms with Gasteiger partial charge in [0.1, 0.15) is 0 Å². The van der Waals surface area contributed by atoms with E-state index in [0.717, 1.165) is 24.3 Å². The van der Waals surface area contributed by atoms with Crippen LogP contribution in [0.5, 0.6) is 0 Å². The number of amides is 2. The van der Waals surface area contributed by atoms with Gasteiger partial charge in [-0.15, -0.1) is 0 Å². The normalized spacial score (nSPS) is 12.9. The zero-order valence-corrected chi connectivity index (χ0v) is 15.2. The van der Waals surface area contributed by atoms with Crippen LogP contribution in [0.4, 0.5) is 55.3 Å². The van der Waals surface area contributed by atoms with E-state index in [1.807, 2.05) is 0 Å². The van der Waals surface area contributed by atoms with Gasteiger partial charge in [-0.1, -0.05) is 24.3 Å². The summed E-state index contributed by atoms with van der Waals surface area (Å²) < 4.78 is 125. The van der Waals surface area contributed by atoms with Crippen LogP contribution >= 0.6 is 0 Å². The van der Waals surface area contributed by atoms with E-state index in [-0.39, 0.29) is 11.4 Å². The lowest BCUT2D eigenvalue weighted by Gasteiger charge is -2.19. The van der Waals surface area contributed by atoms with Crippen molar-refractivity contribution in [2.75, 3.05) is 10.6 Å². The Hall–Kier alpha value is -3.32. The lowest BCUT2D eigenvalue weighted by Crippen LogP contribution is -2.47. The molecule has 2 N–H and O–H groups in total. The summed E-state index contributed by atoms with van der Waals surface area (Å²) in [6.07, 6.45) is -12.2. The van der Waals surface area contributed by atoms with E-state index in [4.69, 9.17) is 0 Å². The summed E-state index contributed by atoms with van der Waals surface area (Å²) in [7, 11) is 0. The molecule has 0 spiro atoms. The molecule has 2 aromatic carbocycles. The Labute approximate surface area is 172 Å². The fourth-order valence-corrected chi connectivity index (χ4v) is 2.17. The summed E-state index contributed by atoms with van der Waals surface area (Å²) in [5.41, 5.74) is -0.157. The summed E-state index contributed by atoms with van der Waals surface area (Å²) in [5.74, 6) is -16.4. The monoisotopic (exact) mass is 476 g/mol. The second-order valence-corrected chi connectivity index (χ2v) is 6.21. The first-order valence-electron chi connectivity index (χ1n) is 8.19. The van der Waals surface area contributed by atoms with Gasteiger partial charge in [0.25, 0.3) is 0 Å². The van der Waals surface area contributed by atoms with Crippen LogP contribution in [0.25, 0.3) is 11.1 Å². The number of alkyl halides is 10. The highest BCUT2D eigenvalue weighted by Crippen LogP contribution is 2.37. The molecule has 32 heavy (non-hydrogen) atoms. The quantitative estimate of drug-likeness (QED) is 0.550. The fourth-order valence-electron chi connectivity index (χ4n) is 2.17. The topological polar surface area (TPSA) is 58.2 Å². The first kappa shape index (κ1) is 24.9. The third-order valence-electron chi connectivity index (χ3n) is 3.90. The second-order valence-electron chi connectivity index (χ2n) is 6.21. The number of anilines is 2. The Morgan fingerprint density at radius 1 is 0.500 bits per heavy atom. The standard InChI is InChI=1S/C18H10F10N2O2/c19-15(20,17(23,24)25)13(31)29-11-5-1-9(2-6-11)10-3-7-12(8-4-10)30-14(32)16(21,22)18(26,27)28/h1-8H,(H,29,31)(H,30,32). The number of nitrogens with one attached hydrogen (secondary N) is 2. The Balaban J connectivity index is 2.10. The molecule has 0 aliphatic carbocycles. The van der Waals surface area contributed by atoms with Gasteiger partial charge in [0.2, 0.25) is 0 Å². The van der Waals surface area contributed by atoms with Crippen molar-refractivity contribution >= 4 is 23.2 Å². The minimum atomic E-state index is -6.09. The number of carbonyl (C=O) groups is 2. The first-order valence-corrected chi connectivity index (χ1v) is 8.19. The van der Waals surface area contributed by atoms with Crippen molar-refractivity contribution in [1.29, 1.82) is 0 Å². The molecule has 0 unspecified atom stereocenters. The van der Waals surface area contributed by atoms with Crippen molar-refractivity contribution in [2.24, 2.45) is 0 Å². The van der Waals surface area contributed by atoms with Crippen LogP contribution in [0.2, 0.25) is 0 Å². The molecular weight excluding hydrogens is 466 g/mol. The van der Waals surface area contributed by atoms with E-state index >= 15 is 0 Å². The van der Waals surface area contributed by atoms with Crippen molar-refractivity contribution in [3.8, 4) is 11.1 Å². The number of rotatable bonds is 5. The number of hydrogen-bond donors (Lipinski definition) is 2. The number of halogens is 10. The number of benzene rings is 2. The minimum absolute atomic E-state index is 0.309. The summed E-state index contributed by atoms with van der Waals surface area (Å²) in [4.78, 5) is 22.3. The molecule has 0 saturated carbocycles. The molecule has 2 rings (SSSR count). The third-order valence-corrected chi connectivity index (χ3v) is 3.90. The first-order chi connectivity index (χ1) is 14.5. The van der Waals surface area contributed by atoms with Crippen molar-refractivity contribution < 1.29 is 53.5 Å². The van der Waals surface area contributed by atoms with Crippen molar-refractivity contribution in [3.05, 3.63) is 48.5 Å². The Bertz CT molecular complexity index is 899. The molecule has 14 heteroatoms. The van der Waals surface area contributed by atoms with Crippen molar-refractivity contribution in [3.63, 3.8) is 0 Å². The van der Waals surface area contributed by atoms with Gasteiger partial charge in [0, 0.05) is 11.4 Å². The predicted octanol–water partition coefficient (Wildman–Crippen LogP) is 5.63. The van der Waals surface area contributed by atoms with Gasteiger partial charge in [0.05, 0.1) is 0 Å². The summed E-state index contributed by atoms with van der Waals surface area (Å²) >= 11 is 0. The number of hydrogen-bond acceptors (Lipinski definition) is 2. The van der Waals surface area contributed by atoms with Gasteiger partial charge in [-0.25, -0.2) is 0 Å². The Morgan fingerprint density at radius 2 is 0.750 bits per heavy atom. The van der Waals surface area contributed by atoms with Gasteiger partial charge < -0.3 is 10.6 Å². The van der Waals surface area contributed by atoms with Gasteiger partial charge in [-0.05, 0) is 35.4 Å². The molecule has 2 amide bonds. The highest BCUT2D eigenvalue weighted by molar-refractivity contribution is 5.97. The average Bonchev–Trinajstić information content (AvgIpc) is 2.67. The highest BCUT2D eigenvalue weighted by atomic mass is 19.4. The smallest absolute Gasteiger partial charge is 0.321 e. The summed E-state index contributed by atoms with van der Waals surface area (Å²) in [5, 5.41) is 2.81. The molecule has 0 radical (unpaired) electrons. The summed E-state index contributed by atoms with van der Waals surface area (Å²) in [6.45, 7) is 0. The molecule has 0 bridgehead atoms. The van der Waals surface area contributed by atoms with Crippen LogP contribution in [0.15, 0.2) is 48.5 Å². The molecule has 0 heterocycles. The molecule has 0 fully saturated rings. The molecule has 0 saturated heterocycles. The van der Waals surface area contributed by atoms with Gasteiger partial charge in [-0.3, -0.25) is 9.59 Å². The van der Waals surface area contributed by atoms with Gasteiger partial charge >= 0.3 is 36.0 Å². The van der Waals surface area contributed by atoms with Gasteiger partial charge in [0.15, 0.2) is 0 Å². The van der Waals surface area contributed by atoms with E-state index in [2.05, 4.69) is 0 Å². The van der Waals surface area contributed by atoms with E-state index in [1.54, 1.807) is 0 Å². The summed E-state index contributed by atoms with van der Waals surface area (Å²) in [6, 6.07) is 8.80. The molecule has 0 aromatic heterocycles. The predicted molar refractivity (Wildman–Crippen MR) is 91.1 cm³/mol.